The van der Waals surface area contributed by atoms with Crippen molar-refractivity contribution in [2.45, 2.75) is 62.8 Å². The van der Waals surface area contributed by atoms with Crippen molar-refractivity contribution in [3.63, 3.8) is 0 Å². The molecule has 138 valence electrons. The van der Waals surface area contributed by atoms with Gasteiger partial charge in [-0.05, 0) is 48.8 Å². The number of hydrogen-bond donors (Lipinski definition) is 1. The van der Waals surface area contributed by atoms with Gasteiger partial charge in [0.15, 0.2) is 0 Å². The van der Waals surface area contributed by atoms with Crippen LogP contribution in [0.5, 0.6) is 0 Å². The second-order valence-electron chi connectivity index (χ2n) is 8.27. The fourth-order valence-electron chi connectivity index (χ4n) is 3.23. The van der Waals surface area contributed by atoms with Crippen LogP contribution in [-0.4, -0.2) is 38.4 Å². The maximum Gasteiger partial charge on any atom is 0.240 e. The number of likely N-dealkylation sites (tertiary alicyclic amines) is 1. The van der Waals surface area contributed by atoms with E-state index in [4.69, 9.17) is 0 Å². The van der Waals surface area contributed by atoms with Crippen LogP contribution in [0.4, 0.5) is 0 Å². The number of hydrogen-bond acceptors (Lipinski definition) is 3. The summed E-state index contributed by atoms with van der Waals surface area (Å²) in [5, 5.41) is 0. The van der Waals surface area contributed by atoms with E-state index in [2.05, 4.69) is 25.5 Å². The predicted octanol–water partition coefficient (Wildman–Crippen LogP) is 2.66. The lowest BCUT2D eigenvalue weighted by Crippen LogP contribution is -2.46. The third-order valence-corrected chi connectivity index (χ3v) is 6.62. The van der Waals surface area contributed by atoms with Crippen LogP contribution in [0.3, 0.4) is 0 Å². The Kier molecular flexibility index (Phi) is 4.95. The van der Waals surface area contributed by atoms with E-state index in [1.165, 1.54) is 0 Å². The minimum atomic E-state index is -3.52. The lowest BCUT2D eigenvalue weighted by molar-refractivity contribution is -0.133. The molecule has 3 rings (SSSR count). The van der Waals surface area contributed by atoms with E-state index in [1.54, 1.807) is 12.1 Å². The van der Waals surface area contributed by atoms with Crippen LogP contribution in [0.15, 0.2) is 29.2 Å². The van der Waals surface area contributed by atoms with Gasteiger partial charge < -0.3 is 4.90 Å². The number of nitrogens with one attached hydrogen (secondary N) is 1. The topological polar surface area (TPSA) is 66.5 Å². The number of nitrogens with zero attached hydrogens (tertiary/aromatic N) is 1. The number of piperidine rings is 1. The van der Waals surface area contributed by atoms with Gasteiger partial charge in [0, 0.05) is 25.0 Å². The smallest absolute Gasteiger partial charge is 0.240 e. The Balaban J connectivity index is 1.59. The van der Waals surface area contributed by atoms with E-state index in [-0.39, 0.29) is 23.3 Å². The molecule has 1 saturated carbocycles. The van der Waals surface area contributed by atoms with Gasteiger partial charge in [-0.25, -0.2) is 13.1 Å². The molecule has 0 radical (unpaired) electrons. The Bertz CT molecular complexity index is 723. The molecule has 5 nitrogen and oxygen atoms in total. The molecule has 0 unspecified atom stereocenters. The zero-order valence-electron chi connectivity index (χ0n) is 15.3. The summed E-state index contributed by atoms with van der Waals surface area (Å²) < 4.78 is 28.0. The fraction of sp³-hybridized carbons (Fsp3) is 0.632. The lowest BCUT2D eigenvalue weighted by Gasteiger charge is -2.32. The van der Waals surface area contributed by atoms with Crippen LogP contribution < -0.4 is 4.72 Å². The first-order chi connectivity index (χ1) is 11.7. The summed E-state index contributed by atoms with van der Waals surface area (Å²) in [4.78, 5) is 14.3. The Morgan fingerprint density at radius 1 is 1.04 bits per heavy atom. The largest absolute Gasteiger partial charge is 0.342 e. The minimum absolute atomic E-state index is 0.00333. The molecule has 2 aliphatic rings. The summed E-state index contributed by atoms with van der Waals surface area (Å²) in [6, 6.07) is 7.01. The van der Waals surface area contributed by atoms with E-state index < -0.39 is 10.0 Å². The lowest BCUT2D eigenvalue weighted by atomic mass is 9.87. The Hall–Kier alpha value is -1.40. The van der Waals surface area contributed by atoms with Gasteiger partial charge in [0.05, 0.1) is 4.90 Å². The third kappa shape index (κ3) is 4.42. The second-order valence-corrected chi connectivity index (χ2v) is 9.98. The van der Waals surface area contributed by atoms with Crippen molar-refractivity contribution < 1.29 is 13.2 Å². The van der Waals surface area contributed by atoms with Crippen LogP contribution in [-0.2, 0) is 20.2 Å². The maximum atomic E-state index is 12.6. The molecular formula is C19H28N2O3S. The number of carbonyl (C=O) groups is 1. The number of amides is 1. The van der Waals surface area contributed by atoms with Crippen LogP contribution in [0.2, 0.25) is 0 Å². The molecule has 1 aromatic carbocycles. The second kappa shape index (κ2) is 6.72. The quantitative estimate of drug-likeness (QED) is 0.893. The molecule has 1 amide bonds. The first kappa shape index (κ1) is 18.4. The van der Waals surface area contributed by atoms with Gasteiger partial charge in [-0.3, -0.25) is 4.79 Å². The molecular weight excluding hydrogens is 336 g/mol. The summed E-state index contributed by atoms with van der Waals surface area (Å²) in [6.07, 6.45) is 3.38. The van der Waals surface area contributed by atoms with Gasteiger partial charge >= 0.3 is 0 Å². The summed E-state index contributed by atoms with van der Waals surface area (Å²) in [5.41, 5.74) is 1.11. The number of rotatable bonds is 4. The minimum Gasteiger partial charge on any atom is -0.342 e. The van der Waals surface area contributed by atoms with E-state index in [0.717, 1.165) is 18.4 Å². The average molecular weight is 365 g/mol. The maximum absolute atomic E-state index is 12.6. The molecule has 1 saturated heterocycles. The van der Waals surface area contributed by atoms with Crippen molar-refractivity contribution in [3.8, 4) is 0 Å². The number of carbonyl (C=O) groups excluding carboxylic acids is 1. The van der Waals surface area contributed by atoms with Crippen LogP contribution in [0.25, 0.3) is 0 Å². The van der Waals surface area contributed by atoms with Crippen LogP contribution >= 0.6 is 0 Å². The monoisotopic (exact) mass is 364 g/mol. The van der Waals surface area contributed by atoms with Crippen molar-refractivity contribution in [2.75, 3.05) is 13.1 Å². The zero-order chi connectivity index (χ0) is 18.2. The number of benzene rings is 1. The molecule has 6 heteroatoms. The molecule has 1 aromatic rings. The molecule has 1 aliphatic carbocycles. The molecule has 0 bridgehead atoms. The Morgan fingerprint density at radius 2 is 1.60 bits per heavy atom. The van der Waals surface area contributed by atoms with Crippen LogP contribution in [0, 0.1) is 5.92 Å². The van der Waals surface area contributed by atoms with Crippen molar-refractivity contribution in [2.24, 2.45) is 5.92 Å². The first-order valence-corrected chi connectivity index (χ1v) is 10.6. The van der Waals surface area contributed by atoms with Gasteiger partial charge in [-0.1, -0.05) is 32.9 Å². The highest BCUT2D eigenvalue weighted by Gasteiger charge is 2.35. The molecule has 0 aromatic heterocycles. The molecule has 1 aliphatic heterocycles. The summed E-state index contributed by atoms with van der Waals surface area (Å²) in [5.74, 6) is 0.480. The van der Waals surface area contributed by atoms with Crippen molar-refractivity contribution in [1.29, 1.82) is 0 Å². The molecule has 0 spiro atoms. The molecule has 1 heterocycles. The molecule has 0 atom stereocenters. The standard InChI is InChI=1S/C19H28N2O3S/c1-19(2,3)15-6-8-17(9-7-15)25(23,24)20-16-10-12-21(13-11-16)18(22)14-4-5-14/h6-9,14,16,20H,4-5,10-13H2,1-3H3. The normalized spacial score (nSPS) is 19.9. The van der Waals surface area contributed by atoms with E-state index in [9.17, 15) is 13.2 Å². The van der Waals surface area contributed by atoms with Crippen molar-refractivity contribution in [1.82, 2.24) is 9.62 Å². The first-order valence-electron chi connectivity index (χ1n) is 9.08. The van der Waals surface area contributed by atoms with E-state index in [0.29, 0.717) is 30.8 Å². The highest BCUT2D eigenvalue weighted by atomic mass is 32.2. The van der Waals surface area contributed by atoms with E-state index in [1.807, 2.05) is 17.0 Å². The van der Waals surface area contributed by atoms with Crippen LogP contribution in [0.1, 0.15) is 52.0 Å². The van der Waals surface area contributed by atoms with Gasteiger partial charge in [0.2, 0.25) is 15.9 Å². The van der Waals surface area contributed by atoms with Crippen molar-refractivity contribution >= 4 is 15.9 Å². The van der Waals surface area contributed by atoms with Crippen molar-refractivity contribution in [3.05, 3.63) is 29.8 Å². The molecule has 2 fully saturated rings. The molecule has 25 heavy (non-hydrogen) atoms. The Morgan fingerprint density at radius 3 is 2.08 bits per heavy atom. The Labute approximate surface area is 150 Å². The third-order valence-electron chi connectivity index (χ3n) is 5.09. The predicted molar refractivity (Wildman–Crippen MR) is 97.8 cm³/mol. The summed E-state index contributed by atoms with van der Waals surface area (Å²) >= 11 is 0. The van der Waals surface area contributed by atoms with Gasteiger partial charge in [0.25, 0.3) is 0 Å². The highest BCUT2D eigenvalue weighted by molar-refractivity contribution is 7.89. The average Bonchev–Trinajstić information content (AvgIpc) is 3.39. The zero-order valence-corrected chi connectivity index (χ0v) is 16.1. The SMILES string of the molecule is CC(C)(C)c1ccc(S(=O)(=O)NC2CCN(C(=O)C3CC3)CC2)cc1. The number of sulfonamides is 1. The molecule has 1 N–H and O–H groups in total. The van der Waals surface area contributed by atoms with Gasteiger partial charge in [-0.15, -0.1) is 0 Å². The fourth-order valence-corrected chi connectivity index (χ4v) is 4.53. The summed E-state index contributed by atoms with van der Waals surface area (Å²) in [7, 11) is -3.52. The van der Waals surface area contributed by atoms with Gasteiger partial charge in [-0.2, -0.15) is 0 Å². The van der Waals surface area contributed by atoms with E-state index >= 15 is 0 Å². The van der Waals surface area contributed by atoms with Gasteiger partial charge in [0.1, 0.15) is 0 Å². The summed E-state index contributed by atoms with van der Waals surface area (Å²) in [6.45, 7) is 7.60. The highest BCUT2D eigenvalue weighted by Crippen LogP contribution is 2.32.